The van der Waals surface area contributed by atoms with Crippen LogP contribution in [0, 0.1) is 6.92 Å². The standard InChI is InChI=1S/C12H13N3OS/c1-8-3-4-17-11(8)10-6-14-12(15-7-10)13-5-9(2)16/h3-4,6-7H,5H2,1-2H3,(H,13,14,15). The molecule has 1 N–H and O–H groups in total. The van der Waals surface area contributed by atoms with E-state index in [0.29, 0.717) is 5.95 Å². The van der Waals surface area contributed by atoms with Crippen LogP contribution >= 0.6 is 11.3 Å². The summed E-state index contributed by atoms with van der Waals surface area (Å²) in [6.45, 7) is 3.85. The predicted molar refractivity (Wildman–Crippen MR) is 69.3 cm³/mol. The number of carbonyl (C=O) groups is 1. The van der Waals surface area contributed by atoms with Gasteiger partial charge >= 0.3 is 0 Å². The Morgan fingerprint density at radius 2 is 2.12 bits per heavy atom. The lowest BCUT2D eigenvalue weighted by Crippen LogP contribution is -2.11. The van der Waals surface area contributed by atoms with Crippen LogP contribution in [0.4, 0.5) is 5.95 Å². The molecule has 0 saturated carbocycles. The fourth-order valence-corrected chi connectivity index (χ4v) is 2.31. The van der Waals surface area contributed by atoms with Crippen LogP contribution in [0.1, 0.15) is 12.5 Å². The van der Waals surface area contributed by atoms with Crippen molar-refractivity contribution in [3.05, 3.63) is 29.4 Å². The van der Waals surface area contributed by atoms with Gasteiger partial charge in [0.05, 0.1) is 6.54 Å². The van der Waals surface area contributed by atoms with Crippen LogP contribution in [0.3, 0.4) is 0 Å². The summed E-state index contributed by atoms with van der Waals surface area (Å²) in [5, 5.41) is 4.91. The highest BCUT2D eigenvalue weighted by atomic mass is 32.1. The third kappa shape index (κ3) is 2.88. The number of anilines is 1. The number of aryl methyl sites for hydroxylation is 1. The molecule has 0 aliphatic rings. The van der Waals surface area contributed by atoms with Crippen LogP contribution in [0.2, 0.25) is 0 Å². The van der Waals surface area contributed by atoms with Gasteiger partial charge in [0.15, 0.2) is 0 Å². The van der Waals surface area contributed by atoms with Gasteiger partial charge in [0.25, 0.3) is 0 Å². The van der Waals surface area contributed by atoms with Gasteiger partial charge in [-0.15, -0.1) is 11.3 Å². The van der Waals surface area contributed by atoms with Crippen LogP contribution < -0.4 is 5.32 Å². The monoisotopic (exact) mass is 247 g/mol. The maximum atomic E-state index is 10.8. The average Bonchev–Trinajstić information content (AvgIpc) is 2.73. The third-order valence-electron chi connectivity index (χ3n) is 2.27. The van der Waals surface area contributed by atoms with E-state index in [2.05, 4.69) is 28.3 Å². The lowest BCUT2D eigenvalue weighted by atomic mass is 10.2. The van der Waals surface area contributed by atoms with Gasteiger partial charge in [0.2, 0.25) is 5.95 Å². The van der Waals surface area contributed by atoms with Crippen molar-refractivity contribution in [3.63, 3.8) is 0 Å². The molecule has 2 rings (SSSR count). The van der Waals surface area contributed by atoms with Crippen molar-refractivity contribution in [3.8, 4) is 10.4 Å². The molecule has 0 saturated heterocycles. The van der Waals surface area contributed by atoms with E-state index in [9.17, 15) is 4.79 Å². The van der Waals surface area contributed by atoms with E-state index in [4.69, 9.17) is 0 Å². The average molecular weight is 247 g/mol. The molecule has 0 atom stereocenters. The van der Waals surface area contributed by atoms with Crippen molar-refractivity contribution in [2.75, 3.05) is 11.9 Å². The summed E-state index contributed by atoms with van der Waals surface area (Å²) in [6.07, 6.45) is 3.54. The second kappa shape index (κ2) is 5.05. The topological polar surface area (TPSA) is 54.9 Å². The van der Waals surface area contributed by atoms with Crippen LogP contribution in [-0.4, -0.2) is 22.3 Å². The minimum Gasteiger partial charge on any atom is -0.347 e. The molecule has 0 aliphatic heterocycles. The first-order chi connectivity index (χ1) is 8.16. The van der Waals surface area contributed by atoms with Gasteiger partial charge in [0.1, 0.15) is 5.78 Å². The van der Waals surface area contributed by atoms with Crippen LogP contribution in [0.5, 0.6) is 0 Å². The molecule has 0 spiro atoms. The molecule has 0 bridgehead atoms. The molecule has 0 aliphatic carbocycles. The minimum absolute atomic E-state index is 0.0618. The second-order valence-corrected chi connectivity index (χ2v) is 4.70. The van der Waals surface area contributed by atoms with E-state index in [1.54, 1.807) is 23.7 Å². The Hall–Kier alpha value is -1.75. The van der Waals surface area contributed by atoms with E-state index in [1.807, 2.05) is 5.38 Å². The van der Waals surface area contributed by atoms with Crippen molar-refractivity contribution in [1.29, 1.82) is 0 Å². The number of hydrogen-bond donors (Lipinski definition) is 1. The molecule has 2 heterocycles. The molecular weight excluding hydrogens is 234 g/mol. The maximum absolute atomic E-state index is 10.8. The molecule has 0 unspecified atom stereocenters. The Labute approximate surface area is 104 Å². The number of Topliss-reactive ketones (excluding diaryl/α,β-unsaturated/α-hetero) is 1. The second-order valence-electron chi connectivity index (χ2n) is 3.78. The van der Waals surface area contributed by atoms with E-state index in [0.717, 1.165) is 5.56 Å². The molecule has 4 nitrogen and oxygen atoms in total. The fraction of sp³-hybridized carbons (Fsp3) is 0.250. The van der Waals surface area contributed by atoms with Crippen LogP contribution in [0.15, 0.2) is 23.8 Å². The third-order valence-corrected chi connectivity index (χ3v) is 3.34. The largest absolute Gasteiger partial charge is 0.347 e. The number of ketones is 1. The summed E-state index contributed by atoms with van der Waals surface area (Å²) in [4.78, 5) is 20.3. The highest BCUT2D eigenvalue weighted by Crippen LogP contribution is 2.27. The van der Waals surface area contributed by atoms with Crippen molar-refractivity contribution < 1.29 is 4.79 Å². The van der Waals surface area contributed by atoms with E-state index in [-0.39, 0.29) is 12.3 Å². The molecule has 88 valence electrons. The molecule has 0 amide bonds. The summed E-state index contributed by atoms with van der Waals surface area (Å²) < 4.78 is 0. The number of nitrogens with one attached hydrogen (secondary N) is 1. The predicted octanol–water partition coefficient (Wildman–Crippen LogP) is 2.51. The molecule has 17 heavy (non-hydrogen) atoms. The highest BCUT2D eigenvalue weighted by Gasteiger charge is 2.05. The van der Waals surface area contributed by atoms with E-state index in [1.165, 1.54) is 17.4 Å². The van der Waals surface area contributed by atoms with E-state index < -0.39 is 0 Å². The van der Waals surface area contributed by atoms with Gasteiger partial charge in [-0.3, -0.25) is 4.79 Å². The van der Waals surface area contributed by atoms with Crippen molar-refractivity contribution in [2.24, 2.45) is 0 Å². The zero-order valence-electron chi connectivity index (χ0n) is 9.73. The molecule has 0 fully saturated rings. The zero-order chi connectivity index (χ0) is 12.3. The fourth-order valence-electron chi connectivity index (χ4n) is 1.41. The van der Waals surface area contributed by atoms with Crippen molar-refractivity contribution in [1.82, 2.24) is 9.97 Å². The van der Waals surface area contributed by atoms with Gasteiger partial charge < -0.3 is 5.32 Å². The molecule has 0 radical (unpaired) electrons. The Bertz CT molecular complexity index is 519. The number of nitrogens with zero attached hydrogens (tertiary/aromatic N) is 2. The van der Waals surface area contributed by atoms with E-state index >= 15 is 0 Å². The smallest absolute Gasteiger partial charge is 0.222 e. The van der Waals surface area contributed by atoms with Crippen molar-refractivity contribution >= 4 is 23.1 Å². The number of thiophene rings is 1. The quantitative estimate of drug-likeness (QED) is 0.902. The SMILES string of the molecule is CC(=O)CNc1ncc(-c2sccc2C)cn1. The molecule has 0 aromatic carbocycles. The Morgan fingerprint density at radius 1 is 1.41 bits per heavy atom. The number of aromatic nitrogens is 2. The van der Waals surface area contributed by atoms with Crippen LogP contribution in [-0.2, 0) is 4.79 Å². The first-order valence-electron chi connectivity index (χ1n) is 5.26. The number of carbonyl (C=O) groups excluding carboxylic acids is 1. The molecule has 2 aromatic heterocycles. The van der Waals surface area contributed by atoms with Gasteiger partial charge in [0, 0.05) is 22.8 Å². The number of rotatable bonds is 4. The maximum Gasteiger partial charge on any atom is 0.222 e. The zero-order valence-corrected chi connectivity index (χ0v) is 10.5. The normalized spacial score (nSPS) is 10.2. The Kier molecular flexibility index (Phi) is 3.49. The highest BCUT2D eigenvalue weighted by molar-refractivity contribution is 7.13. The first-order valence-corrected chi connectivity index (χ1v) is 6.14. The molecular formula is C12H13N3OS. The number of hydrogen-bond acceptors (Lipinski definition) is 5. The Balaban J connectivity index is 2.13. The minimum atomic E-state index is 0.0618. The van der Waals surface area contributed by atoms with Gasteiger partial charge in [-0.05, 0) is 30.9 Å². The molecule has 5 heteroatoms. The van der Waals surface area contributed by atoms with Gasteiger partial charge in [-0.25, -0.2) is 9.97 Å². The first kappa shape index (κ1) is 11.7. The van der Waals surface area contributed by atoms with Gasteiger partial charge in [-0.1, -0.05) is 0 Å². The lowest BCUT2D eigenvalue weighted by Gasteiger charge is -2.03. The van der Waals surface area contributed by atoms with Crippen molar-refractivity contribution in [2.45, 2.75) is 13.8 Å². The summed E-state index contributed by atoms with van der Waals surface area (Å²) in [6, 6.07) is 2.07. The molecule has 2 aromatic rings. The van der Waals surface area contributed by atoms with Gasteiger partial charge in [-0.2, -0.15) is 0 Å². The lowest BCUT2D eigenvalue weighted by molar-refractivity contribution is -0.115. The summed E-state index contributed by atoms with van der Waals surface area (Å²) in [5.41, 5.74) is 2.23. The summed E-state index contributed by atoms with van der Waals surface area (Å²) >= 11 is 1.67. The van der Waals surface area contributed by atoms with Crippen LogP contribution in [0.25, 0.3) is 10.4 Å². The Morgan fingerprint density at radius 3 is 2.65 bits per heavy atom. The summed E-state index contributed by atoms with van der Waals surface area (Å²) in [5.74, 6) is 0.546. The summed E-state index contributed by atoms with van der Waals surface area (Å²) in [7, 11) is 0.